The first-order chi connectivity index (χ1) is 15.3. The number of sulfonamides is 1. The molecule has 0 spiro atoms. The molecule has 0 radical (unpaired) electrons. The van der Waals surface area contributed by atoms with Crippen molar-refractivity contribution in [3.63, 3.8) is 0 Å². The molecule has 8 nitrogen and oxygen atoms in total. The average Bonchev–Trinajstić information content (AvgIpc) is 2.78. The molecule has 1 fully saturated rings. The van der Waals surface area contributed by atoms with Crippen molar-refractivity contribution in [3.05, 3.63) is 53.5 Å². The summed E-state index contributed by atoms with van der Waals surface area (Å²) in [5.74, 6) is -0.789. The molecular weight excluding hydrogens is 433 g/mol. The van der Waals surface area contributed by atoms with Gasteiger partial charge in [-0.05, 0) is 43.8 Å². The highest BCUT2D eigenvalue weighted by Gasteiger charge is 2.31. The SMILES string of the molecule is CCN1CCN(c2ccc(F)cc2C(C)NC(=O)C2=CC=CN3CCS(=O)(=O)N=C23)CC1. The van der Waals surface area contributed by atoms with Crippen LogP contribution in [0.2, 0.25) is 0 Å². The second-order valence-corrected chi connectivity index (χ2v) is 9.89. The summed E-state index contributed by atoms with van der Waals surface area (Å²) in [6.45, 7) is 8.68. The number of hydrogen-bond acceptors (Lipinski definition) is 6. The van der Waals surface area contributed by atoms with Crippen molar-refractivity contribution in [2.75, 3.05) is 49.9 Å². The van der Waals surface area contributed by atoms with E-state index in [1.54, 1.807) is 36.2 Å². The standard InChI is InChI=1S/C22H28FN5O3S/c1-3-26-9-11-27(12-10-26)20-7-6-17(23)15-19(20)16(2)24-22(29)18-5-4-8-28-13-14-32(30,31)25-21(18)28/h4-8,15-16H,3,9-14H2,1-2H3,(H,24,29). The highest BCUT2D eigenvalue weighted by Crippen LogP contribution is 2.29. The van der Waals surface area contributed by atoms with Crippen molar-refractivity contribution >= 4 is 27.5 Å². The molecule has 1 N–H and O–H groups in total. The Hall–Kier alpha value is -2.72. The van der Waals surface area contributed by atoms with E-state index in [9.17, 15) is 17.6 Å². The van der Waals surface area contributed by atoms with Crippen LogP contribution in [0.1, 0.15) is 25.5 Å². The minimum Gasteiger partial charge on any atom is -0.369 e. The van der Waals surface area contributed by atoms with Gasteiger partial charge in [0.1, 0.15) is 5.82 Å². The number of fused-ring (bicyclic) bond motifs is 1. The second-order valence-electron chi connectivity index (χ2n) is 8.14. The monoisotopic (exact) mass is 461 g/mol. The molecule has 1 atom stereocenters. The maximum absolute atomic E-state index is 14.1. The highest BCUT2D eigenvalue weighted by molar-refractivity contribution is 7.90. The van der Waals surface area contributed by atoms with E-state index in [1.165, 1.54) is 12.1 Å². The quantitative estimate of drug-likeness (QED) is 0.718. The summed E-state index contributed by atoms with van der Waals surface area (Å²) in [5.41, 5.74) is 1.76. The van der Waals surface area contributed by atoms with Crippen LogP contribution in [0, 0.1) is 5.82 Å². The number of carbonyl (C=O) groups excluding carboxylic acids is 1. The van der Waals surface area contributed by atoms with Gasteiger partial charge < -0.3 is 20.0 Å². The number of amidine groups is 1. The number of halogens is 1. The van der Waals surface area contributed by atoms with Gasteiger partial charge in [-0.1, -0.05) is 6.92 Å². The molecule has 32 heavy (non-hydrogen) atoms. The number of rotatable bonds is 5. The van der Waals surface area contributed by atoms with Crippen LogP contribution in [-0.2, 0) is 14.8 Å². The summed E-state index contributed by atoms with van der Waals surface area (Å²) < 4.78 is 41.9. The molecule has 0 bridgehead atoms. The van der Waals surface area contributed by atoms with Gasteiger partial charge in [-0.3, -0.25) is 4.79 Å². The van der Waals surface area contributed by atoms with Crippen molar-refractivity contribution in [1.82, 2.24) is 15.1 Å². The van der Waals surface area contributed by atoms with Crippen LogP contribution < -0.4 is 10.2 Å². The van der Waals surface area contributed by atoms with E-state index in [2.05, 4.69) is 26.4 Å². The van der Waals surface area contributed by atoms with Crippen molar-refractivity contribution in [1.29, 1.82) is 0 Å². The summed E-state index contributed by atoms with van der Waals surface area (Å²) in [6, 6.07) is 4.17. The number of likely N-dealkylation sites (N-methyl/N-ethyl adjacent to an activating group) is 1. The van der Waals surface area contributed by atoms with Gasteiger partial charge in [0.05, 0.1) is 17.4 Å². The van der Waals surface area contributed by atoms with E-state index in [1.807, 2.05) is 0 Å². The Morgan fingerprint density at radius 2 is 1.97 bits per heavy atom. The first-order valence-corrected chi connectivity index (χ1v) is 12.4. The average molecular weight is 462 g/mol. The van der Waals surface area contributed by atoms with E-state index in [0.717, 1.165) is 38.4 Å². The van der Waals surface area contributed by atoms with E-state index >= 15 is 0 Å². The Morgan fingerprint density at radius 1 is 1.22 bits per heavy atom. The zero-order valence-corrected chi connectivity index (χ0v) is 19.1. The number of hydrogen-bond donors (Lipinski definition) is 1. The van der Waals surface area contributed by atoms with Gasteiger partial charge in [0, 0.05) is 50.2 Å². The highest BCUT2D eigenvalue weighted by atomic mass is 32.2. The molecule has 172 valence electrons. The maximum atomic E-state index is 14.1. The zero-order chi connectivity index (χ0) is 22.9. The van der Waals surface area contributed by atoms with Crippen molar-refractivity contribution in [2.45, 2.75) is 19.9 Å². The molecule has 3 heterocycles. The lowest BCUT2D eigenvalue weighted by molar-refractivity contribution is -0.117. The van der Waals surface area contributed by atoms with Gasteiger partial charge >= 0.3 is 0 Å². The fourth-order valence-electron chi connectivity index (χ4n) is 4.21. The summed E-state index contributed by atoms with van der Waals surface area (Å²) in [7, 11) is -3.60. The molecular formula is C22H28FN5O3S. The Balaban J connectivity index is 1.55. The van der Waals surface area contributed by atoms with Crippen molar-refractivity contribution in [2.24, 2.45) is 4.40 Å². The maximum Gasteiger partial charge on any atom is 0.256 e. The third-order valence-electron chi connectivity index (χ3n) is 6.07. The van der Waals surface area contributed by atoms with Crippen LogP contribution in [0.4, 0.5) is 10.1 Å². The topological polar surface area (TPSA) is 85.3 Å². The number of nitrogens with zero attached hydrogens (tertiary/aromatic N) is 4. The number of allylic oxidation sites excluding steroid dienone is 2. The largest absolute Gasteiger partial charge is 0.369 e. The minimum atomic E-state index is -3.60. The zero-order valence-electron chi connectivity index (χ0n) is 18.3. The Labute approximate surface area is 188 Å². The first-order valence-electron chi connectivity index (χ1n) is 10.8. The lowest BCUT2D eigenvalue weighted by Crippen LogP contribution is -2.46. The Morgan fingerprint density at radius 3 is 2.69 bits per heavy atom. The molecule has 3 aliphatic rings. The van der Waals surface area contributed by atoms with Crippen LogP contribution in [0.15, 0.2) is 46.5 Å². The second kappa shape index (κ2) is 9.03. The lowest BCUT2D eigenvalue weighted by Gasteiger charge is -2.37. The van der Waals surface area contributed by atoms with Crippen LogP contribution in [0.5, 0.6) is 0 Å². The van der Waals surface area contributed by atoms with Crippen LogP contribution in [-0.4, -0.2) is 75.0 Å². The van der Waals surface area contributed by atoms with E-state index in [4.69, 9.17) is 0 Å². The molecule has 1 saturated heterocycles. The molecule has 1 aromatic rings. The molecule has 0 aromatic heterocycles. The molecule has 4 rings (SSSR count). The number of anilines is 1. The molecule has 1 unspecified atom stereocenters. The van der Waals surface area contributed by atoms with Gasteiger partial charge in [0.2, 0.25) is 0 Å². The predicted octanol–water partition coefficient (Wildman–Crippen LogP) is 1.64. The number of benzene rings is 1. The van der Waals surface area contributed by atoms with Crippen molar-refractivity contribution < 1.29 is 17.6 Å². The van der Waals surface area contributed by atoms with E-state index < -0.39 is 22.0 Å². The van der Waals surface area contributed by atoms with Gasteiger partial charge in [-0.2, -0.15) is 0 Å². The molecule has 3 aliphatic heterocycles. The van der Waals surface area contributed by atoms with Gasteiger partial charge in [-0.15, -0.1) is 4.40 Å². The smallest absolute Gasteiger partial charge is 0.256 e. The van der Waals surface area contributed by atoms with Gasteiger partial charge in [-0.25, -0.2) is 12.8 Å². The van der Waals surface area contributed by atoms with Crippen LogP contribution in [0.3, 0.4) is 0 Å². The Kier molecular flexibility index (Phi) is 6.34. The van der Waals surface area contributed by atoms with Gasteiger partial charge in [0.25, 0.3) is 15.9 Å². The third-order valence-corrected chi connectivity index (χ3v) is 7.22. The first kappa shape index (κ1) is 22.5. The number of carbonyl (C=O) groups is 1. The number of nitrogens with one attached hydrogen (secondary N) is 1. The fourth-order valence-corrected chi connectivity index (χ4v) is 5.20. The summed E-state index contributed by atoms with van der Waals surface area (Å²) in [5, 5.41) is 2.91. The van der Waals surface area contributed by atoms with Crippen LogP contribution in [0.25, 0.3) is 0 Å². The van der Waals surface area contributed by atoms with Crippen LogP contribution >= 0.6 is 0 Å². The molecule has 1 aromatic carbocycles. The third kappa shape index (κ3) is 4.71. The summed E-state index contributed by atoms with van der Waals surface area (Å²) in [4.78, 5) is 19.3. The molecule has 0 aliphatic carbocycles. The lowest BCUT2D eigenvalue weighted by atomic mass is 10.0. The normalized spacial score (nSPS) is 21.5. The number of amides is 1. The minimum absolute atomic E-state index is 0.0932. The Bertz CT molecular complexity index is 1090. The number of piperazine rings is 1. The van der Waals surface area contributed by atoms with Crippen molar-refractivity contribution in [3.8, 4) is 0 Å². The van der Waals surface area contributed by atoms with E-state index in [-0.39, 0.29) is 29.5 Å². The fraction of sp³-hybridized carbons (Fsp3) is 0.455. The van der Waals surface area contributed by atoms with Gasteiger partial charge in [0.15, 0.2) is 5.84 Å². The molecule has 10 heteroatoms. The van der Waals surface area contributed by atoms with E-state index in [0.29, 0.717) is 5.56 Å². The predicted molar refractivity (Wildman–Crippen MR) is 122 cm³/mol. The molecule has 0 saturated carbocycles. The summed E-state index contributed by atoms with van der Waals surface area (Å²) >= 11 is 0. The molecule has 1 amide bonds. The summed E-state index contributed by atoms with van der Waals surface area (Å²) in [6.07, 6.45) is 4.94.